The lowest BCUT2D eigenvalue weighted by atomic mass is 10.2. The van der Waals surface area contributed by atoms with E-state index in [0.29, 0.717) is 4.31 Å². The summed E-state index contributed by atoms with van der Waals surface area (Å²) in [6.45, 7) is 1.46. The van der Waals surface area contributed by atoms with Crippen LogP contribution in [0.25, 0.3) is 0 Å². The van der Waals surface area contributed by atoms with Gasteiger partial charge in [-0.25, -0.2) is 21.1 Å². The molecule has 1 aliphatic heterocycles. The minimum absolute atomic E-state index is 0.104. The van der Waals surface area contributed by atoms with Gasteiger partial charge in [0, 0.05) is 12.1 Å². The van der Waals surface area contributed by atoms with E-state index in [-0.39, 0.29) is 34.0 Å². The van der Waals surface area contributed by atoms with Crippen LogP contribution < -0.4 is 9.03 Å². The summed E-state index contributed by atoms with van der Waals surface area (Å²) in [4.78, 5) is 11.6. The molecular weight excluding hydrogens is 433 g/mol. The average Bonchev–Trinajstić information content (AvgIpc) is 2.88. The highest BCUT2D eigenvalue weighted by molar-refractivity contribution is 7.94. The second-order valence-corrected chi connectivity index (χ2v) is 9.94. The predicted molar refractivity (Wildman–Crippen MR) is 99.3 cm³/mol. The number of rotatable bonds is 4. The topological polar surface area (TPSA) is 101 Å². The van der Waals surface area contributed by atoms with Gasteiger partial charge in [-0.1, -0.05) is 6.07 Å². The highest BCUT2D eigenvalue weighted by atomic mass is 32.2. The molecule has 7 nitrogen and oxygen atoms in total. The average molecular weight is 448 g/mol. The van der Waals surface area contributed by atoms with Crippen molar-refractivity contribution < 1.29 is 34.8 Å². The smallest absolute Gasteiger partial charge is 0.280 e. The molecule has 2 aromatic carbocycles. The second kappa shape index (κ2) is 7.02. The van der Waals surface area contributed by atoms with E-state index < -0.39 is 37.7 Å². The summed E-state index contributed by atoms with van der Waals surface area (Å²) >= 11 is 0. The summed E-state index contributed by atoms with van der Waals surface area (Å²) in [6, 6.07) is 7.10. The quantitative estimate of drug-likeness (QED) is 0.775. The van der Waals surface area contributed by atoms with Crippen LogP contribution in [-0.2, 0) is 31.0 Å². The van der Waals surface area contributed by atoms with Gasteiger partial charge < -0.3 is 0 Å². The van der Waals surface area contributed by atoms with Gasteiger partial charge in [0.2, 0.25) is 15.9 Å². The Kier molecular flexibility index (Phi) is 5.11. The van der Waals surface area contributed by atoms with E-state index in [0.717, 1.165) is 30.3 Å². The summed E-state index contributed by atoms with van der Waals surface area (Å²) in [5.41, 5.74) is -0.896. The van der Waals surface area contributed by atoms with Crippen LogP contribution in [0.1, 0.15) is 17.5 Å². The number of amides is 1. The first-order valence-electron chi connectivity index (χ1n) is 8.18. The standard InChI is InChI=1S/C17H15F3N2O5S2/c1-11-2-7-14(22-16(23)8-9-28(22,24)25)10-15(11)29(26,27)21-13-5-3-12(4-6-13)17(18,19)20/h2-7,10,21H,8-9H2,1H3. The van der Waals surface area contributed by atoms with Crippen molar-refractivity contribution in [1.29, 1.82) is 0 Å². The van der Waals surface area contributed by atoms with E-state index in [9.17, 15) is 34.8 Å². The molecule has 12 heteroatoms. The van der Waals surface area contributed by atoms with Gasteiger partial charge in [-0.2, -0.15) is 13.2 Å². The van der Waals surface area contributed by atoms with Crippen LogP contribution in [0.15, 0.2) is 47.4 Å². The Morgan fingerprint density at radius 3 is 2.21 bits per heavy atom. The zero-order valence-electron chi connectivity index (χ0n) is 14.9. The SMILES string of the molecule is Cc1ccc(N2C(=O)CCS2(=O)=O)cc1S(=O)(=O)Nc1ccc(C(F)(F)F)cc1. The number of sulfonamides is 2. The van der Waals surface area contributed by atoms with E-state index in [1.54, 1.807) is 0 Å². The van der Waals surface area contributed by atoms with Crippen molar-refractivity contribution in [2.45, 2.75) is 24.4 Å². The summed E-state index contributed by atoms with van der Waals surface area (Å²) in [5.74, 6) is -1.04. The highest BCUT2D eigenvalue weighted by Crippen LogP contribution is 2.32. The number of aryl methyl sites for hydroxylation is 1. The minimum atomic E-state index is -4.56. The third-order valence-electron chi connectivity index (χ3n) is 4.24. The molecule has 0 saturated carbocycles. The van der Waals surface area contributed by atoms with Gasteiger partial charge in [0.25, 0.3) is 10.0 Å². The highest BCUT2D eigenvalue weighted by Gasteiger charge is 2.37. The van der Waals surface area contributed by atoms with Crippen molar-refractivity contribution in [2.24, 2.45) is 0 Å². The zero-order valence-corrected chi connectivity index (χ0v) is 16.5. The minimum Gasteiger partial charge on any atom is -0.280 e. The first-order valence-corrected chi connectivity index (χ1v) is 11.3. The normalized spacial score (nSPS) is 16.8. The molecule has 2 aromatic rings. The molecule has 1 fully saturated rings. The van der Waals surface area contributed by atoms with Gasteiger partial charge >= 0.3 is 6.18 Å². The number of hydrogen-bond acceptors (Lipinski definition) is 5. The molecule has 3 rings (SSSR count). The van der Waals surface area contributed by atoms with Crippen LogP contribution in [-0.4, -0.2) is 28.5 Å². The molecule has 0 atom stereocenters. The number of carbonyl (C=O) groups excluding carboxylic acids is 1. The molecule has 0 aromatic heterocycles. The number of alkyl halides is 3. The Hall–Kier alpha value is -2.60. The molecule has 1 N–H and O–H groups in total. The largest absolute Gasteiger partial charge is 0.416 e. The molecule has 0 unspecified atom stereocenters. The van der Waals surface area contributed by atoms with Crippen LogP contribution >= 0.6 is 0 Å². The van der Waals surface area contributed by atoms with E-state index in [2.05, 4.69) is 4.72 Å². The maximum absolute atomic E-state index is 12.7. The van der Waals surface area contributed by atoms with Crippen molar-refractivity contribution in [2.75, 3.05) is 14.8 Å². The van der Waals surface area contributed by atoms with Crippen molar-refractivity contribution in [3.63, 3.8) is 0 Å². The number of nitrogens with one attached hydrogen (secondary N) is 1. The summed E-state index contributed by atoms with van der Waals surface area (Å²) < 4.78 is 90.2. The Morgan fingerprint density at radius 1 is 1.07 bits per heavy atom. The van der Waals surface area contributed by atoms with Crippen LogP contribution in [0, 0.1) is 6.92 Å². The molecule has 29 heavy (non-hydrogen) atoms. The fraction of sp³-hybridized carbons (Fsp3) is 0.235. The van der Waals surface area contributed by atoms with Gasteiger partial charge in [-0.15, -0.1) is 0 Å². The third-order valence-corrected chi connectivity index (χ3v) is 7.45. The van der Waals surface area contributed by atoms with E-state index in [4.69, 9.17) is 0 Å². The molecule has 1 amide bonds. The van der Waals surface area contributed by atoms with Crippen molar-refractivity contribution in [3.8, 4) is 0 Å². The summed E-state index contributed by atoms with van der Waals surface area (Å²) in [7, 11) is -8.14. The van der Waals surface area contributed by atoms with Gasteiger partial charge in [0.05, 0.1) is 21.9 Å². The van der Waals surface area contributed by atoms with Gasteiger partial charge in [-0.3, -0.25) is 9.52 Å². The molecule has 156 valence electrons. The molecule has 1 heterocycles. The third kappa shape index (κ3) is 4.22. The monoisotopic (exact) mass is 448 g/mol. The number of halogens is 3. The molecule has 0 aliphatic carbocycles. The van der Waals surface area contributed by atoms with E-state index >= 15 is 0 Å². The lowest BCUT2D eigenvalue weighted by Gasteiger charge is -2.18. The Morgan fingerprint density at radius 2 is 1.69 bits per heavy atom. The summed E-state index contributed by atoms with van der Waals surface area (Å²) in [6.07, 6.45) is -4.77. The lowest BCUT2D eigenvalue weighted by Crippen LogP contribution is -2.29. The first-order chi connectivity index (χ1) is 13.3. The van der Waals surface area contributed by atoms with Crippen LogP contribution in [0.2, 0.25) is 0 Å². The number of nitrogens with zero attached hydrogens (tertiary/aromatic N) is 1. The molecular formula is C17H15F3N2O5S2. The maximum atomic E-state index is 12.7. The van der Waals surface area contributed by atoms with Crippen LogP contribution in [0.5, 0.6) is 0 Å². The van der Waals surface area contributed by atoms with E-state index in [1.165, 1.54) is 19.1 Å². The van der Waals surface area contributed by atoms with Gasteiger partial charge in [0.1, 0.15) is 0 Å². The fourth-order valence-electron chi connectivity index (χ4n) is 2.81. The van der Waals surface area contributed by atoms with Gasteiger partial charge in [-0.05, 0) is 48.9 Å². The van der Waals surface area contributed by atoms with Crippen molar-refractivity contribution in [1.82, 2.24) is 0 Å². The molecule has 1 saturated heterocycles. The predicted octanol–water partition coefficient (Wildman–Crippen LogP) is 2.88. The van der Waals surface area contributed by atoms with Crippen molar-refractivity contribution in [3.05, 3.63) is 53.6 Å². The second-order valence-electron chi connectivity index (χ2n) is 6.35. The lowest BCUT2D eigenvalue weighted by molar-refractivity contribution is -0.137. The fourth-order valence-corrected chi connectivity index (χ4v) is 5.59. The molecule has 1 aliphatic rings. The van der Waals surface area contributed by atoms with Crippen molar-refractivity contribution >= 4 is 37.3 Å². The molecule has 0 spiro atoms. The number of anilines is 2. The zero-order chi connectivity index (χ0) is 21.6. The Bertz CT molecular complexity index is 1170. The molecule has 0 radical (unpaired) electrons. The van der Waals surface area contributed by atoms with Crippen LogP contribution in [0.4, 0.5) is 24.5 Å². The molecule has 0 bridgehead atoms. The Labute approximate surface area is 165 Å². The van der Waals surface area contributed by atoms with Crippen LogP contribution in [0.3, 0.4) is 0 Å². The number of benzene rings is 2. The number of carbonyl (C=O) groups is 1. The number of hydrogen-bond donors (Lipinski definition) is 1. The Balaban J connectivity index is 1.96. The first kappa shape index (κ1) is 21.1. The van der Waals surface area contributed by atoms with E-state index in [1.807, 2.05) is 0 Å². The summed E-state index contributed by atoms with van der Waals surface area (Å²) in [5, 5.41) is 0. The maximum Gasteiger partial charge on any atom is 0.416 e. The van der Waals surface area contributed by atoms with Gasteiger partial charge in [0.15, 0.2) is 0 Å².